The Morgan fingerprint density at radius 1 is 1.39 bits per heavy atom. The Kier molecular flexibility index (Phi) is 4.39. The van der Waals surface area contributed by atoms with Gasteiger partial charge in [-0.3, -0.25) is 4.90 Å². The number of carbonyl (C=O) groups is 1. The van der Waals surface area contributed by atoms with E-state index >= 15 is 0 Å². The summed E-state index contributed by atoms with van der Waals surface area (Å²) in [5.74, 6) is -2.31. The molecule has 1 aromatic carbocycles. The third kappa shape index (κ3) is 3.10. The first-order chi connectivity index (χ1) is 11.1. The first-order valence-corrected chi connectivity index (χ1v) is 7.22. The molecular weight excluding hydrogens is 310 g/mol. The van der Waals surface area contributed by atoms with Gasteiger partial charge < -0.3 is 15.2 Å². The number of rotatable bonds is 5. The molecule has 0 radical (unpaired) electrons. The largest absolute Gasteiger partial charge is 0.478 e. The van der Waals surface area contributed by atoms with Crippen LogP contribution < -0.4 is 5.32 Å². The van der Waals surface area contributed by atoms with E-state index < -0.39 is 11.8 Å². The Morgan fingerprint density at radius 2 is 2.13 bits per heavy atom. The minimum Gasteiger partial charge on any atom is -0.478 e. The first kappa shape index (κ1) is 15.6. The molecule has 7 nitrogen and oxygen atoms in total. The zero-order chi connectivity index (χ0) is 16.4. The quantitative estimate of drug-likeness (QED) is 0.863. The Hall–Kier alpha value is -2.26. The third-order valence-electron chi connectivity index (χ3n) is 3.75. The second-order valence-electron chi connectivity index (χ2n) is 5.19. The van der Waals surface area contributed by atoms with Crippen molar-refractivity contribution in [3.05, 3.63) is 23.5 Å². The molecule has 23 heavy (non-hydrogen) atoms. The molecule has 0 aliphatic carbocycles. The number of aromatic carboxylic acids is 1. The van der Waals surface area contributed by atoms with Gasteiger partial charge in [-0.25, -0.2) is 14.2 Å². The zero-order valence-electron chi connectivity index (χ0n) is 12.3. The minimum absolute atomic E-state index is 0.0845. The van der Waals surface area contributed by atoms with Gasteiger partial charge in [-0.15, -0.1) is 4.79 Å². The van der Waals surface area contributed by atoms with Crippen LogP contribution in [0.15, 0.2) is 12.1 Å². The summed E-state index contributed by atoms with van der Waals surface area (Å²) in [6.45, 7) is 3.97. The van der Waals surface area contributed by atoms with Gasteiger partial charge in [0, 0.05) is 26.2 Å². The normalized spacial score (nSPS) is 15.9. The van der Waals surface area contributed by atoms with Crippen molar-refractivity contribution >= 4 is 23.0 Å². The number of aromatic nitrogens is 2. The van der Waals surface area contributed by atoms with Crippen molar-refractivity contribution in [1.82, 2.24) is 14.7 Å². The van der Waals surface area contributed by atoms with Gasteiger partial charge >= 0.3 is 5.97 Å². The van der Waals surface area contributed by atoms with Gasteiger partial charge in [0.05, 0.1) is 18.8 Å². The van der Waals surface area contributed by atoms with Gasteiger partial charge in [0.25, 0.3) is 0 Å². The van der Waals surface area contributed by atoms with Gasteiger partial charge in [-0.1, -0.05) is 4.48 Å². The van der Waals surface area contributed by atoms with E-state index in [0.29, 0.717) is 26.3 Å². The predicted octanol–water partition coefficient (Wildman–Crippen LogP) is 1.35. The number of benzene rings is 1. The lowest BCUT2D eigenvalue weighted by Crippen LogP contribution is -2.39. The van der Waals surface area contributed by atoms with Crippen molar-refractivity contribution in [1.29, 1.82) is 0 Å². The molecule has 124 valence electrons. The van der Waals surface area contributed by atoms with E-state index in [4.69, 9.17) is 9.84 Å². The molecule has 3 rings (SSSR count). The number of morpholine rings is 1. The summed E-state index contributed by atoms with van der Waals surface area (Å²) < 4.78 is 33.3. The fraction of sp³-hybridized carbons (Fsp3) is 0.429. The molecule has 0 atom stereocenters. The molecule has 0 saturated carbocycles. The Labute approximate surface area is 130 Å². The Balaban J connectivity index is 1.78. The number of nitrogens with zero attached hydrogens (tertiary/aromatic N) is 3. The number of nitrogens with one attached hydrogen (secondary N) is 1. The number of imidazole rings is 1. The fourth-order valence-electron chi connectivity index (χ4n) is 2.55. The SMILES string of the molecule is O=C(O)c1ccc(F)c2nc(NCCN3CCOCC3)n(F)c12. The van der Waals surface area contributed by atoms with Gasteiger partial charge in [-0.2, -0.15) is 0 Å². The van der Waals surface area contributed by atoms with E-state index in [1.54, 1.807) is 0 Å². The molecule has 0 unspecified atom stereocenters. The zero-order valence-corrected chi connectivity index (χ0v) is 12.3. The van der Waals surface area contributed by atoms with Crippen molar-refractivity contribution in [2.75, 3.05) is 44.7 Å². The summed E-state index contributed by atoms with van der Waals surface area (Å²) in [6, 6.07) is 1.99. The van der Waals surface area contributed by atoms with Crippen LogP contribution in [0.5, 0.6) is 0 Å². The maximum Gasteiger partial charge on any atom is 0.338 e. The number of hydrogen-bond donors (Lipinski definition) is 2. The van der Waals surface area contributed by atoms with Crippen LogP contribution in [-0.4, -0.2) is 65.1 Å². The van der Waals surface area contributed by atoms with E-state index in [1.807, 2.05) is 0 Å². The van der Waals surface area contributed by atoms with Crippen molar-refractivity contribution in [2.24, 2.45) is 0 Å². The maximum atomic E-state index is 14.3. The van der Waals surface area contributed by atoms with Crippen molar-refractivity contribution < 1.29 is 23.5 Å². The molecule has 1 fully saturated rings. The molecule has 0 spiro atoms. The third-order valence-corrected chi connectivity index (χ3v) is 3.75. The lowest BCUT2D eigenvalue weighted by molar-refractivity contribution is 0.0398. The molecule has 2 heterocycles. The molecule has 1 aromatic heterocycles. The first-order valence-electron chi connectivity index (χ1n) is 7.22. The van der Waals surface area contributed by atoms with E-state index in [-0.39, 0.29) is 27.3 Å². The van der Waals surface area contributed by atoms with Gasteiger partial charge in [0.2, 0.25) is 5.95 Å². The highest BCUT2D eigenvalue weighted by Crippen LogP contribution is 2.25. The lowest BCUT2D eigenvalue weighted by atomic mass is 10.2. The monoisotopic (exact) mass is 326 g/mol. The maximum absolute atomic E-state index is 14.3. The van der Waals surface area contributed by atoms with Gasteiger partial charge in [0.1, 0.15) is 11.0 Å². The summed E-state index contributed by atoms with van der Waals surface area (Å²) in [7, 11) is 0. The smallest absolute Gasteiger partial charge is 0.338 e. The van der Waals surface area contributed by atoms with E-state index in [9.17, 15) is 13.7 Å². The van der Waals surface area contributed by atoms with Gasteiger partial charge in [0.15, 0.2) is 5.82 Å². The summed E-state index contributed by atoms with van der Waals surface area (Å²) in [4.78, 5) is 17.2. The minimum atomic E-state index is -1.34. The molecule has 0 amide bonds. The summed E-state index contributed by atoms with van der Waals surface area (Å²) >= 11 is 0. The molecule has 1 saturated heterocycles. The van der Waals surface area contributed by atoms with Crippen LogP contribution in [-0.2, 0) is 4.74 Å². The van der Waals surface area contributed by atoms with Crippen LogP contribution in [0.3, 0.4) is 0 Å². The number of carboxylic acids is 1. The van der Waals surface area contributed by atoms with E-state index in [2.05, 4.69) is 15.2 Å². The standard InChI is InChI=1S/C14H16F2N4O3/c15-10-2-1-9(13(21)22)12-11(10)18-14(20(12)16)17-3-4-19-5-7-23-8-6-19/h1-2H,3-8H2,(H,17,18)(H,21,22). The number of halogens is 2. The molecule has 1 aliphatic heterocycles. The number of fused-ring (bicyclic) bond motifs is 1. The van der Waals surface area contributed by atoms with Crippen LogP contribution in [0.4, 0.5) is 14.8 Å². The van der Waals surface area contributed by atoms with Crippen LogP contribution in [0.1, 0.15) is 10.4 Å². The second-order valence-corrected chi connectivity index (χ2v) is 5.19. The number of hydrogen-bond acceptors (Lipinski definition) is 5. The average Bonchev–Trinajstić information content (AvgIpc) is 2.87. The van der Waals surface area contributed by atoms with Crippen LogP contribution >= 0.6 is 0 Å². The second kappa shape index (κ2) is 6.47. The summed E-state index contributed by atoms with van der Waals surface area (Å²) in [6.07, 6.45) is 0. The Bertz CT molecular complexity index is 728. The number of ether oxygens (including phenoxy) is 1. The van der Waals surface area contributed by atoms with E-state index in [1.165, 1.54) is 0 Å². The fourth-order valence-corrected chi connectivity index (χ4v) is 2.55. The highest BCUT2D eigenvalue weighted by Gasteiger charge is 2.21. The van der Waals surface area contributed by atoms with E-state index in [0.717, 1.165) is 25.2 Å². The van der Waals surface area contributed by atoms with Crippen molar-refractivity contribution in [2.45, 2.75) is 0 Å². The molecule has 9 heteroatoms. The molecule has 2 N–H and O–H groups in total. The van der Waals surface area contributed by atoms with Crippen LogP contribution in [0.25, 0.3) is 11.0 Å². The van der Waals surface area contributed by atoms with Gasteiger partial charge in [-0.05, 0) is 12.1 Å². The van der Waals surface area contributed by atoms with Crippen molar-refractivity contribution in [3.63, 3.8) is 0 Å². The highest BCUT2D eigenvalue weighted by atomic mass is 19.2. The lowest BCUT2D eigenvalue weighted by Gasteiger charge is -2.26. The average molecular weight is 326 g/mol. The Morgan fingerprint density at radius 3 is 2.83 bits per heavy atom. The number of carboxylic acid groups (broad SMARTS) is 1. The topological polar surface area (TPSA) is 79.6 Å². The van der Waals surface area contributed by atoms with Crippen LogP contribution in [0, 0.1) is 5.82 Å². The highest BCUT2D eigenvalue weighted by molar-refractivity contribution is 6.01. The molecule has 2 aromatic rings. The molecule has 0 bridgehead atoms. The molecule has 1 aliphatic rings. The number of anilines is 1. The predicted molar refractivity (Wildman–Crippen MR) is 78.9 cm³/mol. The molecular formula is C14H16F2N4O3. The summed E-state index contributed by atoms with van der Waals surface area (Å²) in [5.41, 5.74) is -1.02. The van der Waals surface area contributed by atoms with Crippen molar-refractivity contribution in [3.8, 4) is 0 Å². The summed E-state index contributed by atoms with van der Waals surface area (Å²) in [5, 5.41) is 11.9. The van der Waals surface area contributed by atoms with Crippen LogP contribution in [0.2, 0.25) is 0 Å².